The minimum Gasteiger partial charge on any atom is -0.340 e. The second-order valence-electron chi connectivity index (χ2n) is 5.78. The molecule has 2 aliphatic heterocycles. The van der Waals surface area contributed by atoms with Gasteiger partial charge < -0.3 is 9.80 Å². The summed E-state index contributed by atoms with van der Waals surface area (Å²) >= 11 is 0. The normalized spacial score (nSPS) is 29.1. The van der Waals surface area contributed by atoms with Crippen molar-refractivity contribution in [3.8, 4) is 0 Å². The summed E-state index contributed by atoms with van der Waals surface area (Å²) in [6.07, 6.45) is 4.58. The molecule has 0 aromatic rings. The van der Waals surface area contributed by atoms with Crippen LogP contribution in [0.5, 0.6) is 0 Å². The molecule has 0 aromatic carbocycles. The van der Waals surface area contributed by atoms with E-state index in [-0.39, 0.29) is 12.5 Å². The van der Waals surface area contributed by atoms with Crippen molar-refractivity contribution in [1.29, 1.82) is 0 Å². The molecule has 2 aliphatic rings. The first-order valence-electron chi connectivity index (χ1n) is 6.78. The van der Waals surface area contributed by atoms with Crippen LogP contribution in [0.4, 0.5) is 0 Å². The Bertz CT molecular complexity index is 438. The van der Waals surface area contributed by atoms with Gasteiger partial charge in [-0.2, -0.15) is 0 Å². The lowest BCUT2D eigenvalue weighted by Gasteiger charge is -2.29. The molecule has 2 bridgehead atoms. The summed E-state index contributed by atoms with van der Waals surface area (Å²) < 4.78 is 24.4. The molecule has 0 aromatic heterocycles. The molecule has 2 heterocycles. The second-order valence-corrected chi connectivity index (χ2v) is 7.62. The first-order chi connectivity index (χ1) is 8.85. The van der Waals surface area contributed by atoms with Crippen LogP contribution < -0.4 is 4.72 Å². The van der Waals surface area contributed by atoms with Gasteiger partial charge in [-0.15, -0.1) is 0 Å². The van der Waals surface area contributed by atoms with Gasteiger partial charge in [0.25, 0.3) is 0 Å². The third-order valence-electron chi connectivity index (χ3n) is 4.07. The molecule has 0 unspecified atom stereocenters. The monoisotopic (exact) mass is 289 g/mol. The molecule has 110 valence electrons. The molecule has 1 amide bonds. The van der Waals surface area contributed by atoms with Gasteiger partial charge >= 0.3 is 0 Å². The van der Waals surface area contributed by atoms with Gasteiger partial charge in [-0.1, -0.05) is 6.42 Å². The van der Waals surface area contributed by atoms with Gasteiger partial charge in [0.05, 0.1) is 12.8 Å². The smallest absolute Gasteiger partial charge is 0.237 e. The van der Waals surface area contributed by atoms with Gasteiger partial charge in [-0.3, -0.25) is 4.79 Å². The maximum atomic E-state index is 12.1. The van der Waals surface area contributed by atoms with Crippen LogP contribution in [0.2, 0.25) is 0 Å². The average Bonchev–Trinajstić information content (AvgIpc) is 2.53. The lowest BCUT2D eigenvalue weighted by molar-refractivity contribution is -0.130. The second kappa shape index (κ2) is 5.76. The minimum atomic E-state index is -3.30. The van der Waals surface area contributed by atoms with E-state index in [1.54, 1.807) is 0 Å². The molecule has 7 heteroatoms. The van der Waals surface area contributed by atoms with Crippen LogP contribution in [-0.2, 0) is 14.8 Å². The number of rotatable bonds is 3. The van der Waals surface area contributed by atoms with E-state index in [4.69, 9.17) is 0 Å². The van der Waals surface area contributed by atoms with E-state index in [0.717, 1.165) is 38.7 Å². The van der Waals surface area contributed by atoms with Crippen LogP contribution in [0.25, 0.3) is 0 Å². The van der Waals surface area contributed by atoms with Crippen molar-refractivity contribution in [2.45, 2.75) is 25.3 Å². The van der Waals surface area contributed by atoms with Crippen molar-refractivity contribution in [2.24, 2.45) is 5.92 Å². The maximum Gasteiger partial charge on any atom is 0.237 e. The van der Waals surface area contributed by atoms with Gasteiger partial charge in [0.2, 0.25) is 15.9 Å². The number of likely N-dealkylation sites (N-methyl/N-ethyl adjacent to an activating group) is 1. The number of carbonyl (C=O) groups excluding carboxylic acids is 1. The Morgan fingerprint density at radius 2 is 2.00 bits per heavy atom. The number of carbonyl (C=O) groups is 1. The van der Waals surface area contributed by atoms with Crippen molar-refractivity contribution < 1.29 is 13.2 Å². The van der Waals surface area contributed by atoms with Crippen LogP contribution in [0.1, 0.15) is 19.3 Å². The Hall–Kier alpha value is -0.660. The average molecular weight is 289 g/mol. The lowest BCUT2D eigenvalue weighted by atomic mass is 10.00. The van der Waals surface area contributed by atoms with Gasteiger partial charge in [0.15, 0.2) is 0 Å². The lowest BCUT2D eigenvalue weighted by Crippen LogP contribution is -2.45. The van der Waals surface area contributed by atoms with Crippen LogP contribution in [0.3, 0.4) is 0 Å². The summed E-state index contributed by atoms with van der Waals surface area (Å²) in [6, 6.07) is 0.412. The third-order valence-corrected chi connectivity index (χ3v) is 4.74. The fraction of sp³-hybridized carbons (Fsp3) is 0.917. The first-order valence-corrected chi connectivity index (χ1v) is 8.67. The van der Waals surface area contributed by atoms with E-state index < -0.39 is 10.0 Å². The fourth-order valence-corrected chi connectivity index (χ4v) is 3.42. The van der Waals surface area contributed by atoms with E-state index in [9.17, 15) is 13.2 Å². The number of fused-ring (bicyclic) bond motifs is 3. The largest absolute Gasteiger partial charge is 0.340 e. The van der Waals surface area contributed by atoms with Crippen molar-refractivity contribution in [3.05, 3.63) is 0 Å². The Morgan fingerprint density at radius 1 is 1.26 bits per heavy atom. The molecule has 1 N–H and O–H groups in total. The van der Waals surface area contributed by atoms with Gasteiger partial charge in [0.1, 0.15) is 0 Å². The number of nitrogens with one attached hydrogen (secondary N) is 1. The molecule has 2 fully saturated rings. The highest BCUT2D eigenvalue weighted by atomic mass is 32.2. The van der Waals surface area contributed by atoms with Crippen molar-refractivity contribution >= 4 is 15.9 Å². The molecule has 0 saturated carbocycles. The number of likely N-dealkylation sites (tertiary alicyclic amines) is 1. The fourth-order valence-electron chi connectivity index (χ4n) is 3.04. The molecule has 6 nitrogen and oxygen atoms in total. The van der Waals surface area contributed by atoms with Crippen LogP contribution in [-0.4, -0.2) is 69.6 Å². The number of amides is 1. The Kier molecular flexibility index (Phi) is 4.47. The molecular weight excluding hydrogens is 266 g/mol. The van der Waals surface area contributed by atoms with E-state index in [1.807, 2.05) is 4.90 Å². The summed E-state index contributed by atoms with van der Waals surface area (Å²) in [6.45, 7) is 2.39. The SMILES string of the molecule is CN1C[C@@H]2CCC[C@H]1CN(C(=O)CNS(C)(=O)=O)C2. The number of sulfonamides is 1. The summed E-state index contributed by atoms with van der Waals surface area (Å²) in [7, 11) is -1.19. The zero-order valence-corrected chi connectivity index (χ0v) is 12.4. The summed E-state index contributed by atoms with van der Waals surface area (Å²) in [5.41, 5.74) is 0. The highest BCUT2D eigenvalue weighted by Gasteiger charge is 2.32. The number of hydrogen-bond acceptors (Lipinski definition) is 4. The zero-order valence-electron chi connectivity index (χ0n) is 11.6. The van der Waals surface area contributed by atoms with Crippen molar-refractivity contribution in [3.63, 3.8) is 0 Å². The van der Waals surface area contributed by atoms with E-state index in [1.165, 1.54) is 6.42 Å². The van der Waals surface area contributed by atoms with Crippen molar-refractivity contribution in [2.75, 3.05) is 39.5 Å². The summed E-state index contributed by atoms with van der Waals surface area (Å²) in [5, 5.41) is 0. The topological polar surface area (TPSA) is 69.7 Å². The first kappa shape index (κ1) is 14.7. The highest BCUT2D eigenvalue weighted by molar-refractivity contribution is 7.88. The molecule has 2 atom stereocenters. The Morgan fingerprint density at radius 3 is 2.68 bits per heavy atom. The van der Waals surface area contributed by atoms with E-state index in [0.29, 0.717) is 12.0 Å². The number of hydrogen-bond donors (Lipinski definition) is 1. The molecule has 19 heavy (non-hydrogen) atoms. The van der Waals surface area contributed by atoms with Crippen LogP contribution in [0, 0.1) is 5.92 Å². The molecule has 0 radical (unpaired) electrons. The highest BCUT2D eigenvalue weighted by Crippen LogP contribution is 2.25. The quantitative estimate of drug-likeness (QED) is 0.759. The maximum absolute atomic E-state index is 12.1. The summed E-state index contributed by atoms with van der Waals surface area (Å²) in [5.74, 6) is 0.400. The van der Waals surface area contributed by atoms with E-state index >= 15 is 0 Å². The molecule has 0 spiro atoms. The predicted octanol–water partition coefficient (Wildman–Crippen LogP) is -0.522. The molecule has 2 saturated heterocycles. The predicted molar refractivity (Wildman–Crippen MR) is 73.2 cm³/mol. The van der Waals surface area contributed by atoms with Gasteiger partial charge in [-0.25, -0.2) is 13.1 Å². The van der Waals surface area contributed by atoms with E-state index in [2.05, 4.69) is 16.7 Å². The minimum absolute atomic E-state index is 0.113. The van der Waals surface area contributed by atoms with Crippen molar-refractivity contribution in [1.82, 2.24) is 14.5 Å². The Labute approximate surface area is 115 Å². The molecule has 2 rings (SSSR count). The zero-order chi connectivity index (χ0) is 14.0. The molecule has 0 aliphatic carbocycles. The number of nitrogens with zero attached hydrogens (tertiary/aromatic N) is 2. The van der Waals surface area contributed by atoms with Crippen LogP contribution in [0.15, 0.2) is 0 Å². The van der Waals surface area contributed by atoms with Gasteiger partial charge in [0, 0.05) is 25.7 Å². The standard InChI is InChI=1S/C12H23N3O3S/c1-14-7-10-4-3-5-11(14)9-15(8-10)12(16)6-13-19(2,17)18/h10-11,13H,3-9H2,1-2H3/t10-,11-/m0/s1. The van der Waals surface area contributed by atoms with Crippen LogP contribution >= 0.6 is 0 Å². The molecular formula is C12H23N3O3S. The summed E-state index contributed by atoms with van der Waals surface area (Å²) in [4.78, 5) is 16.3. The third kappa shape index (κ3) is 4.15. The van der Waals surface area contributed by atoms with Gasteiger partial charge in [-0.05, 0) is 25.8 Å². The Balaban J connectivity index is 1.99.